The van der Waals surface area contributed by atoms with E-state index in [-0.39, 0.29) is 36.8 Å². The molecule has 12 heteroatoms. The number of aromatic nitrogens is 3. The summed E-state index contributed by atoms with van der Waals surface area (Å²) >= 11 is 0. The molecule has 3 amide bonds. The van der Waals surface area contributed by atoms with E-state index < -0.39 is 23.7 Å². The molecule has 0 aliphatic rings. The zero-order valence-corrected chi connectivity index (χ0v) is 21.0. The van der Waals surface area contributed by atoms with Gasteiger partial charge in [0.05, 0.1) is 19.1 Å². The number of benzene rings is 1. The van der Waals surface area contributed by atoms with E-state index in [1.165, 1.54) is 59.2 Å². The fraction of sp³-hybridized carbons (Fsp3) is 0.320. The van der Waals surface area contributed by atoms with E-state index in [2.05, 4.69) is 15.3 Å². The topological polar surface area (TPSA) is 130 Å². The number of aromatic amines is 1. The number of anilines is 1. The van der Waals surface area contributed by atoms with Crippen molar-refractivity contribution in [3.8, 4) is 0 Å². The highest BCUT2D eigenvalue weighted by Crippen LogP contribution is 2.17. The minimum Gasteiger partial charge on any atom is -0.436 e. The molecule has 2 N–H and O–H groups in total. The van der Waals surface area contributed by atoms with Crippen LogP contribution in [0.25, 0.3) is 10.9 Å². The molecule has 0 fully saturated rings. The van der Waals surface area contributed by atoms with Crippen molar-refractivity contribution in [2.45, 2.75) is 25.5 Å². The Morgan fingerprint density at radius 2 is 1.95 bits per heavy atom. The van der Waals surface area contributed by atoms with Gasteiger partial charge in [0.15, 0.2) is 6.10 Å². The van der Waals surface area contributed by atoms with E-state index in [4.69, 9.17) is 4.74 Å². The van der Waals surface area contributed by atoms with E-state index in [0.29, 0.717) is 16.6 Å². The molecule has 1 atom stereocenters. The lowest BCUT2D eigenvalue weighted by atomic mass is 10.1. The second kappa shape index (κ2) is 12.0. The number of carbonyl (C=O) groups is 3. The fourth-order valence-corrected chi connectivity index (χ4v) is 3.35. The Balaban J connectivity index is 1.74. The van der Waals surface area contributed by atoms with Crippen LogP contribution < -0.4 is 10.9 Å². The van der Waals surface area contributed by atoms with Gasteiger partial charge in [0.25, 0.3) is 11.5 Å². The molecule has 11 nitrogen and oxygen atoms in total. The smallest absolute Gasteiger partial charge is 0.410 e. The normalized spacial score (nSPS) is 11.9. The van der Waals surface area contributed by atoms with Gasteiger partial charge in [0.1, 0.15) is 11.5 Å². The third kappa shape index (κ3) is 7.26. The summed E-state index contributed by atoms with van der Waals surface area (Å²) in [5, 5.41) is 3.15. The first-order valence-corrected chi connectivity index (χ1v) is 11.4. The monoisotopic (exact) mass is 512 g/mol. The van der Waals surface area contributed by atoms with Crippen LogP contribution in [0.4, 0.5) is 14.9 Å². The van der Waals surface area contributed by atoms with E-state index in [1.54, 1.807) is 32.3 Å². The SMILES string of the molecule is CN(C)C(=O)/C=C/CCC(OC(=O)N(C)C)C(=O)Nc1cncn(Cc2cc3cc(F)ccc3[nH]2)c1=O. The van der Waals surface area contributed by atoms with Crippen molar-refractivity contribution in [2.24, 2.45) is 0 Å². The minimum atomic E-state index is -1.22. The number of carbonyl (C=O) groups excluding carboxylic acids is 3. The number of fused-ring (bicyclic) bond motifs is 1. The Morgan fingerprint density at radius 3 is 2.65 bits per heavy atom. The molecule has 0 aliphatic heterocycles. The van der Waals surface area contributed by atoms with Crippen LogP contribution in [0, 0.1) is 5.82 Å². The molecule has 0 radical (unpaired) electrons. The van der Waals surface area contributed by atoms with Crippen LogP contribution in [-0.2, 0) is 20.9 Å². The predicted molar refractivity (Wildman–Crippen MR) is 136 cm³/mol. The van der Waals surface area contributed by atoms with Gasteiger partial charge in [-0.3, -0.25) is 19.0 Å². The summed E-state index contributed by atoms with van der Waals surface area (Å²) in [6.45, 7) is 0.107. The number of hydrogen-bond donors (Lipinski definition) is 2. The maximum Gasteiger partial charge on any atom is 0.410 e. The van der Waals surface area contributed by atoms with Crippen molar-refractivity contribution in [1.82, 2.24) is 24.3 Å². The largest absolute Gasteiger partial charge is 0.436 e. The summed E-state index contributed by atoms with van der Waals surface area (Å²) in [6, 6.07) is 6.05. The second-order valence-corrected chi connectivity index (χ2v) is 8.73. The van der Waals surface area contributed by atoms with Crippen molar-refractivity contribution in [3.63, 3.8) is 0 Å². The van der Waals surface area contributed by atoms with Crippen LogP contribution in [0.2, 0.25) is 0 Å². The maximum absolute atomic E-state index is 13.5. The van der Waals surface area contributed by atoms with Gasteiger partial charge in [-0.05, 0) is 43.2 Å². The van der Waals surface area contributed by atoms with Gasteiger partial charge in [0, 0.05) is 44.8 Å². The Morgan fingerprint density at radius 1 is 1.19 bits per heavy atom. The molecular formula is C25H29FN6O5. The van der Waals surface area contributed by atoms with Gasteiger partial charge in [-0.25, -0.2) is 14.2 Å². The van der Waals surface area contributed by atoms with Gasteiger partial charge < -0.3 is 24.8 Å². The third-order valence-corrected chi connectivity index (χ3v) is 5.34. The average molecular weight is 513 g/mol. The summed E-state index contributed by atoms with van der Waals surface area (Å²) < 4.78 is 20.1. The Labute approximate surface area is 212 Å². The highest BCUT2D eigenvalue weighted by Gasteiger charge is 2.24. The number of nitrogens with one attached hydrogen (secondary N) is 2. The molecule has 3 rings (SSSR count). The predicted octanol–water partition coefficient (Wildman–Crippen LogP) is 2.34. The lowest BCUT2D eigenvalue weighted by Gasteiger charge is -2.19. The molecule has 0 aliphatic carbocycles. The Hall–Kier alpha value is -4.48. The molecule has 0 saturated heterocycles. The molecule has 196 valence electrons. The van der Waals surface area contributed by atoms with E-state index in [1.807, 2.05) is 0 Å². The number of allylic oxidation sites excluding steroid dienone is 1. The number of H-pyrrole nitrogens is 1. The number of amides is 3. The summed E-state index contributed by atoms with van der Waals surface area (Å²) in [7, 11) is 6.18. The summed E-state index contributed by atoms with van der Waals surface area (Å²) in [4.78, 5) is 59.5. The van der Waals surface area contributed by atoms with Gasteiger partial charge in [-0.15, -0.1) is 0 Å². The fourth-order valence-electron chi connectivity index (χ4n) is 3.35. The Bertz CT molecular complexity index is 1380. The zero-order valence-electron chi connectivity index (χ0n) is 21.0. The number of likely N-dealkylation sites (N-methyl/N-ethyl adjacent to an activating group) is 1. The number of ether oxygens (including phenoxy) is 1. The number of halogens is 1. The zero-order chi connectivity index (χ0) is 27.1. The van der Waals surface area contributed by atoms with Crippen LogP contribution in [0.3, 0.4) is 0 Å². The molecule has 2 heterocycles. The van der Waals surface area contributed by atoms with E-state index in [0.717, 1.165) is 0 Å². The molecule has 2 aromatic heterocycles. The molecule has 3 aromatic rings. The molecular weight excluding hydrogens is 483 g/mol. The molecule has 1 aromatic carbocycles. The van der Waals surface area contributed by atoms with Crippen molar-refractivity contribution >= 4 is 34.5 Å². The van der Waals surface area contributed by atoms with Crippen LogP contribution >= 0.6 is 0 Å². The summed E-state index contributed by atoms with van der Waals surface area (Å²) in [6.07, 6.45) is 3.88. The van der Waals surface area contributed by atoms with Crippen LogP contribution in [0.15, 0.2) is 53.7 Å². The van der Waals surface area contributed by atoms with Gasteiger partial charge in [-0.2, -0.15) is 0 Å². The van der Waals surface area contributed by atoms with Gasteiger partial charge >= 0.3 is 6.09 Å². The number of rotatable bonds is 9. The Kier molecular flexibility index (Phi) is 8.77. The first kappa shape index (κ1) is 27.1. The minimum absolute atomic E-state index is 0.0860. The third-order valence-electron chi connectivity index (χ3n) is 5.34. The van der Waals surface area contributed by atoms with Crippen molar-refractivity contribution < 1.29 is 23.5 Å². The maximum atomic E-state index is 13.5. The summed E-state index contributed by atoms with van der Waals surface area (Å²) in [5.41, 5.74) is 0.736. The highest BCUT2D eigenvalue weighted by atomic mass is 19.1. The van der Waals surface area contributed by atoms with Crippen molar-refractivity contribution in [3.05, 3.63) is 70.8 Å². The summed E-state index contributed by atoms with van der Waals surface area (Å²) in [5.74, 6) is -1.30. The van der Waals surface area contributed by atoms with Crippen LogP contribution in [-0.4, -0.2) is 76.5 Å². The molecule has 1 unspecified atom stereocenters. The van der Waals surface area contributed by atoms with Crippen LogP contribution in [0.5, 0.6) is 0 Å². The average Bonchev–Trinajstić information content (AvgIpc) is 3.24. The second-order valence-electron chi connectivity index (χ2n) is 8.73. The van der Waals surface area contributed by atoms with Crippen molar-refractivity contribution in [2.75, 3.05) is 33.5 Å². The van der Waals surface area contributed by atoms with Crippen molar-refractivity contribution in [1.29, 1.82) is 0 Å². The van der Waals surface area contributed by atoms with Crippen LogP contribution in [0.1, 0.15) is 18.5 Å². The lowest BCUT2D eigenvalue weighted by Crippen LogP contribution is -2.37. The number of hydrogen-bond acceptors (Lipinski definition) is 6. The number of nitrogens with zero attached hydrogens (tertiary/aromatic N) is 4. The molecule has 37 heavy (non-hydrogen) atoms. The lowest BCUT2D eigenvalue weighted by molar-refractivity contribution is -0.125. The van der Waals surface area contributed by atoms with Gasteiger partial charge in [0.2, 0.25) is 5.91 Å². The molecule has 0 spiro atoms. The molecule has 0 saturated carbocycles. The van der Waals surface area contributed by atoms with Gasteiger partial charge in [-0.1, -0.05) is 6.08 Å². The first-order valence-electron chi connectivity index (χ1n) is 11.4. The highest BCUT2D eigenvalue weighted by molar-refractivity contribution is 5.95. The van der Waals surface area contributed by atoms with E-state index in [9.17, 15) is 23.6 Å². The molecule has 0 bridgehead atoms. The first-order chi connectivity index (χ1) is 17.5. The standard InChI is InChI=1S/C25H29FN6O5/c1-30(2)22(33)8-6-5-7-21(37-25(36)31(3)4)23(34)29-20-13-27-15-32(24(20)35)14-18-12-16-11-17(26)9-10-19(16)28-18/h6,8-13,15,21,28H,5,7,14H2,1-4H3,(H,29,34)/b8-6+. The quantitative estimate of drug-likeness (QED) is 0.424. The van der Waals surface area contributed by atoms with E-state index >= 15 is 0 Å².